The van der Waals surface area contributed by atoms with Crippen molar-refractivity contribution < 1.29 is 9.53 Å². The molecule has 0 aliphatic rings. The normalized spacial score (nSPS) is 10.6. The zero-order valence-electron chi connectivity index (χ0n) is 12.8. The van der Waals surface area contributed by atoms with E-state index < -0.39 is 11.5 Å². The molecule has 1 aromatic heterocycles. The third kappa shape index (κ3) is 3.17. The lowest BCUT2D eigenvalue weighted by Gasteiger charge is -2.13. The first-order chi connectivity index (χ1) is 10.4. The van der Waals surface area contributed by atoms with Gasteiger partial charge in [0.15, 0.2) is 0 Å². The van der Waals surface area contributed by atoms with Gasteiger partial charge in [-0.15, -0.1) is 0 Å². The van der Waals surface area contributed by atoms with Crippen LogP contribution in [-0.4, -0.2) is 16.6 Å². The van der Waals surface area contributed by atoms with Crippen LogP contribution in [-0.2, 0) is 7.05 Å². The Kier molecular flexibility index (Phi) is 4.62. The number of carbonyl (C=O) groups excluding carboxylic acids is 1. The number of rotatable bonds is 4. The van der Waals surface area contributed by atoms with Gasteiger partial charge in [0.05, 0.1) is 11.8 Å². The van der Waals surface area contributed by atoms with Crippen LogP contribution < -0.4 is 21.6 Å². The molecule has 0 unspecified atom stereocenters. The molecule has 116 valence electrons. The number of ether oxygens (including phenoxy) is 1. The number of hydrogen-bond donors (Lipinski definition) is 2. The van der Waals surface area contributed by atoms with E-state index >= 15 is 0 Å². The quantitative estimate of drug-likeness (QED) is 0.508. The summed E-state index contributed by atoms with van der Waals surface area (Å²) in [5, 5.41) is 0. The van der Waals surface area contributed by atoms with Crippen molar-refractivity contribution in [2.24, 2.45) is 12.9 Å². The highest BCUT2D eigenvalue weighted by molar-refractivity contribution is 5.93. The van der Waals surface area contributed by atoms with E-state index in [-0.39, 0.29) is 11.7 Å². The van der Waals surface area contributed by atoms with Crippen LogP contribution in [0.4, 0.5) is 0 Å². The standard InChI is InChI=1S/C16H19N3O3/c1-10(2)22-12-6-4-5-11(9-12)14-8-7-13(15(20)18-17)16(21)19(14)3/h4-10H,17H2,1-3H3,(H,18,20). The van der Waals surface area contributed by atoms with Gasteiger partial charge in [0.1, 0.15) is 11.3 Å². The van der Waals surface area contributed by atoms with E-state index in [1.54, 1.807) is 13.1 Å². The molecule has 0 atom stereocenters. The minimum atomic E-state index is -0.607. The number of hydrazine groups is 1. The summed E-state index contributed by atoms with van der Waals surface area (Å²) in [6, 6.07) is 10.6. The summed E-state index contributed by atoms with van der Waals surface area (Å²) < 4.78 is 7.07. The van der Waals surface area contributed by atoms with E-state index in [1.807, 2.05) is 43.5 Å². The van der Waals surface area contributed by atoms with E-state index in [9.17, 15) is 9.59 Å². The van der Waals surface area contributed by atoms with Gasteiger partial charge in [0.25, 0.3) is 11.5 Å². The summed E-state index contributed by atoms with van der Waals surface area (Å²) in [4.78, 5) is 23.8. The number of nitrogens with one attached hydrogen (secondary N) is 1. The number of nitrogen functional groups attached to an aromatic ring is 1. The maximum atomic E-state index is 12.2. The molecule has 0 aliphatic carbocycles. The second-order valence-electron chi connectivity index (χ2n) is 5.16. The Hall–Kier alpha value is -2.60. The summed E-state index contributed by atoms with van der Waals surface area (Å²) in [5.41, 5.74) is 3.08. The molecule has 1 amide bonds. The van der Waals surface area contributed by atoms with Gasteiger partial charge >= 0.3 is 0 Å². The highest BCUT2D eigenvalue weighted by atomic mass is 16.5. The zero-order valence-corrected chi connectivity index (χ0v) is 12.8. The molecular weight excluding hydrogens is 282 g/mol. The van der Waals surface area contributed by atoms with E-state index in [0.29, 0.717) is 5.69 Å². The molecule has 6 nitrogen and oxygen atoms in total. The van der Waals surface area contributed by atoms with E-state index in [1.165, 1.54) is 10.6 Å². The van der Waals surface area contributed by atoms with Crippen molar-refractivity contribution in [1.82, 2.24) is 9.99 Å². The largest absolute Gasteiger partial charge is 0.491 e. The first kappa shape index (κ1) is 15.8. The first-order valence-corrected chi connectivity index (χ1v) is 6.92. The van der Waals surface area contributed by atoms with Crippen LogP contribution in [0, 0.1) is 0 Å². The van der Waals surface area contributed by atoms with Gasteiger partial charge in [-0.05, 0) is 38.1 Å². The highest BCUT2D eigenvalue weighted by Crippen LogP contribution is 2.23. The molecule has 0 radical (unpaired) electrons. The summed E-state index contributed by atoms with van der Waals surface area (Å²) in [6.07, 6.45) is 0.0645. The number of hydrogen-bond acceptors (Lipinski definition) is 4. The third-order valence-corrected chi connectivity index (χ3v) is 3.18. The van der Waals surface area contributed by atoms with Crippen molar-refractivity contribution in [3.05, 3.63) is 52.3 Å². The van der Waals surface area contributed by atoms with E-state index in [2.05, 4.69) is 0 Å². The Morgan fingerprint density at radius 1 is 1.27 bits per heavy atom. The molecule has 2 rings (SSSR count). The smallest absolute Gasteiger partial charge is 0.270 e. The topological polar surface area (TPSA) is 86.3 Å². The highest BCUT2D eigenvalue weighted by Gasteiger charge is 2.13. The Morgan fingerprint density at radius 3 is 2.64 bits per heavy atom. The lowest BCUT2D eigenvalue weighted by molar-refractivity contribution is 0.0951. The SMILES string of the molecule is CC(C)Oc1cccc(-c2ccc(C(=O)NN)c(=O)n2C)c1. The number of amides is 1. The number of nitrogens with two attached hydrogens (primary N) is 1. The van der Waals surface area contributed by atoms with Crippen molar-refractivity contribution in [2.75, 3.05) is 0 Å². The molecule has 6 heteroatoms. The maximum Gasteiger partial charge on any atom is 0.270 e. The van der Waals surface area contributed by atoms with E-state index in [4.69, 9.17) is 10.6 Å². The van der Waals surface area contributed by atoms with Gasteiger partial charge in [0, 0.05) is 12.6 Å². The molecule has 2 aromatic rings. The summed E-state index contributed by atoms with van der Waals surface area (Å²) in [6.45, 7) is 3.89. The van der Waals surface area contributed by atoms with Gasteiger partial charge in [-0.3, -0.25) is 15.0 Å². The Morgan fingerprint density at radius 2 is 2.00 bits per heavy atom. The van der Waals surface area contributed by atoms with Crippen molar-refractivity contribution in [3.8, 4) is 17.0 Å². The molecule has 0 bridgehead atoms. The van der Waals surface area contributed by atoms with Crippen LogP contribution >= 0.6 is 0 Å². The van der Waals surface area contributed by atoms with Gasteiger partial charge in [0.2, 0.25) is 0 Å². The van der Waals surface area contributed by atoms with Crippen LogP contribution in [0.25, 0.3) is 11.3 Å². The van der Waals surface area contributed by atoms with Crippen LogP contribution in [0.2, 0.25) is 0 Å². The lowest BCUT2D eigenvalue weighted by atomic mass is 10.1. The zero-order chi connectivity index (χ0) is 16.3. The fraction of sp³-hybridized carbons (Fsp3) is 0.250. The Labute approximate surface area is 128 Å². The van der Waals surface area contributed by atoms with Crippen molar-refractivity contribution in [2.45, 2.75) is 20.0 Å². The third-order valence-electron chi connectivity index (χ3n) is 3.18. The first-order valence-electron chi connectivity index (χ1n) is 6.92. The second-order valence-corrected chi connectivity index (χ2v) is 5.16. The summed E-state index contributed by atoms with van der Waals surface area (Å²) in [5.74, 6) is 5.19. The number of aromatic nitrogens is 1. The molecule has 0 fully saturated rings. The second kappa shape index (κ2) is 6.44. The predicted octanol–water partition coefficient (Wildman–Crippen LogP) is 1.44. The average molecular weight is 301 g/mol. The fourth-order valence-electron chi connectivity index (χ4n) is 2.18. The Bertz CT molecular complexity index is 751. The van der Waals surface area contributed by atoms with Gasteiger partial charge < -0.3 is 9.30 Å². The van der Waals surface area contributed by atoms with Gasteiger partial charge in [-0.2, -0.15) is 0 Å². The number of benzene rings is 1. The number of carbonyl (C=O) groups is 1. The fourth-order valence-corrected chi connectivity index (χ4v) is 2.18. The molecule has 1 heterocycles. The van der Waals surface area contributed by atoms with Crippen LogP contribution in [0.5, 0.6) is 5.75 Å². The molecule has 0 spiro atoms. The van der Waals surface area contributed by atoms with Crippen molar-refractivity contribution in [3.63, 3.8) is 0 Å². The van der Waals surface area contributed by atoms with Crippen LogP contribution in [0.1, 0.15) is 24.2 Å². The van der Waals surface area contributed by atoms with Crippen molar-refractivity contribution in [1.29, 1.82) is 0 Å². The number of pyridine rings is 1. The van der Waals surface area contributed by atoms with Gasteiger partial charge in [-0.1, -0.05) is 12.1 Å². The molecule has 0 aliphatic heterocycles. The lowest BCUT2D eigenvalue weighted by Crippen LogP contribution is -2.36. The molecule has 3 N–H and O–H groups in total. The average Bonchev–Trinajstić information content (AvgIpc) is 2.48. The monoisotopic (exact) mass is 301 g/mol. The maximum absolute atomic E-state index is 12.2. The molecule has 22 heavy (non-hydrogen) atoms. The van der Waals surface area contributed by atoms with Crippen molar-refractivity contribution >= 4 is 5.91 Å². The summed E-state index contributed by atoms with van der Waals surface area (Å²) >= 11 is 0. The Balaban J connectivity index is 2.48. The van der Waals surface area contributed by atoms with Crippen LogP contribution in [0.15, 0.2) is 41.2 Å². The molecule has 0 saturated carbocycles. The predicted molar refractivity (Wildman–Crippen MR) is 84.5 cm³/mol. The van der Waals surface area contributed by atoms with Crippen LogP contribution in [0.3, 0.4) is 0 Å². The number of nitrogens with zero attached hydrogens (tertiary/aromatic N) is 1. The summed E-state index contributed by atoms with van der Waals surface area (Å²) in [7, 11) is 1.61. The minimum absolute atomic E-state index is 0.00309. The molecular formula is C16H19N3O3. The molecule has 1 aromatic carbocycles. The molecule has 0 saturated heterocycles. The van der Waals surface area contributed by atoms with E-state index in [0.717, 1.165) is 11.3 Å². The van der Waals surface area contributed by atoms with Gasteiger partial charge in [-0.25, -0.2) is 5.84 Å². The minimum Gasteiger partial charge on any atom is -0.491 e.